The van der Waals surface area contributed by atoms with Gasteiger partial charge in [-0.25, -0.2) is 0 Å². The van der Waals surface area contributed by atoms with Crippen LogP contribution < -0.4 is 30.3 Å². The van der Waals surface area contributed by atoms with E-state index in [-0.39, 0.29) is 64.3 Å². The van der Waals surface area contributed by atoms with Crippen molar-refractivity contribution in [2.45, 2.75) is 51.4 Å². The summed E-state index contributed by atoms with van der Waals surface area (Å²) in [6.45, 7) is 6.06. The molecule has 0 saturated carbocycles. The number of nitrogens with one attached hydrogen (secondary N) is 2. The van der Waals surface area contributed by atoms with E-state index in [1.165, 1.54) is 0 Å². The van der Waals surface area contributed by atoms with E-state index >= 15 is 0 Å². The number of hydrogen-bond acceptors (Lipinski definition) is 5. The van der Waals surface area contributed by atoms with Crippen LogP contribution in [0.4, 0.5) is 0 Å². The molecule has 33 heavy (non-hydrogen) atoms. The summed E-state index contributed by atoms with van der Waals surface area (Å²) in [4.78, 5) is 33.9. The first kappa shape index (κ1) is 25.9. The fourth-order valence-electron chi connectivity index (χ4n) is 4.01. The number of carbonyl (C=O) groups excluding carboxylic acids is 2. The molecular weight excluding hydrogens is 555 g/mol. The molecule has 0 spiro atoms. The molecule has 180 valence electrons. The SMILES string of the molecule is C[I-]N[C@H](C(=O)N1C[C@H](O)C[C@H]1C(=O)N[C@@H](C)c1ccc(-c2ccncc2Cl)cc1)C(C)C. The van der Waals surface area contributed by atoms with Crippen molar-refractivity contribution >= 4 is 23.4 Å². The van der Waals surface area contributed by atoms with Gasteiger partial charge in [-0.3, -0.25) is 4.98 Å². The molecule has 0 radical (unpaired) electrons. The molecule has 9 heteroatoms. The number of likely N-dealkylation sites (tertiary alicyclic amines) is 1. The van der Waals surface area contributed by atoms with Gasteiger partial charge in [0, 0.05) is 18.0 Å². The van der Waals surface area contributed by atoms with Crippen LogP contribution >= 0.6 is 11.6 Å². The van der Waals surface area contributed by atoms with Crippen LogP contribution in [0, 0.1) is 5.92 Å². The zero-order valence-electron chi connectivity index (χ0n) is 19.3. The number of carbonyl (C=O) groups is 2. The van der Waals surface area contributed by atoms with Crippen LogP contribution in [0.5, 0.6) is 0 Å². The van der Waals surface area contributed by atoms with Gasteiger partial charge in [0.2, 0.25) is 0 Å². The number of hydrogen-bond donors (Lipinski definition) is 3. The van der Waals surface area contributed by atoms with Gasteiger partial charge in [0.25, 0.3) is 0 Å². The summed E-state index contributed by atoms with van der Waals surface area (Å²) in [5.74, 6) is -0.262. The van der Waals surface area contributed by atoms with Crippen molar-refractivity contribution in [3.8, 4) is 11.1 Å². The van der Waals surface area contributed by atoms with Crippen LogP contribution in [0.3, 0.4) is 0 Å². The minimum absolute atomic E-state index is 0.102. The first-order chi connectivity index (χ1) is 15.7. The van der Waals surface area contributed by atoms with Crippen LogP contribution in [0.15, 0.2) is 42.7 Å². The van der Waals surface area contributed by atoms with Crippen molar-refractivity contribution in [2.24, 2.45) is 5.92 Å². The van der Waals surface area contributed by atoms with Crippen molar-refractivity contribution in [2.75, 3.05) is 11.5 Å². The van der Waals surface area contributed by atoms with E-state index in [4.69, 9.17) is 11.6 Å². The molecular formula is C24H31ClIN4O3-. The molecule has 2 heterocycles. The van der Waals surface area contributed by atoms with Gasteiger partial charge in [-0.15, -0.1) is 0 Å². The Bertz CT molecular complexity index is 972. The predicted molar refractivity (Wildman–Crippen MR) is 125 cm³/mol. The van der Waals surface area contributed by atoms with Gasteiger partial charge in [-0.1, -0.05) is 11.6 Å². The molecule has 3 N–H and O–H groups in total. The number of aliphatic hydroxyl groups excluding tert-OH is 1. The number of benzene rings is 1. The van der Waals surface area contributed by atoms with Gasteiger partial charge < -0.3 is 0 Å². The third kappa shape index (κ3) is 6.23. The summed E-state index contributed by atoms with van der Waals surface area (Å²) in [7, 11) is 0. The number of aliphatic hydroxyl groups is 1. The molecule has 1 fully saturated rings. The summed E-state index contributed by atoms with van der Waals surface area (Å²) < 4.78 is 3.31. The summed E-state index contributed by atoms with van der Waals surface area (Å²) in [6.07, 6.45) is 2.85. The number of amides is 2. The maximum absolute atomic E-state index is 13.2. The topological polar surface area (TPSA) is 94.6 Å². The first-order valence-corrected chi connectivity index (χ1v) is 14.6. The predicted octanol–water partition coefficient (Wildman–Crippen LogP) is -0.211. The van der Waals surface area contributed by atoms with Crippen LogP contribution in [-0.4, -0.2) is 56.5 Å². The zero-order valence-corrected chi connectivity index (χ0v) is 22.2. The van der Waals surface area contributed by atoms with Crippen molar-refractivity contribution in [3.63, 3.8) is 0 Å². The molecule has 1 aromatic heterocycles. The van der Waals surface area contributed by atoms with Crippen molar-refractivity contribution in [1.29, 1.82) is 0 Å². The molecule has 0 aliphatic carbocycles. The molecule has 2 aromatic rings. The Balaban J connectivity index is 1.70. The maximum atomic E-state index is 13.2. The number of nitrogens with zero attached hydrogens (tertiary/aromatic N) is 2. The van der Waals surface area contributed by atoms with E-state index in [1.54, 1.807) is 17.3 Å². The van der Waals surface area contributed by atoms with Crippen LogP contribution in [0.2, 0.25) is 5.02 Å². The van der Waals surface area contributed by atoms with Gasteiger partial charge in [-0.2, -0.15) is 0 Å². The Morgan fingerprint density at radius 1 is 1.21 bits per heavy atom. The second-order valence-electron chi connectivity index (χ2n) is 8.62. The van der Waals surface area contributed by atoms with E-state index in [9.17, 15) is 14.7 Å². The number of halogens is 2. The van der Waals surface area contributed by atoms with Crippen molar-refractivity contribution in [3.05, 3.63) is 53.3 Å². The van der Waals surface area contributed by atoms with Crippen LogP contribution in [-0.2, 0) is 9.59 Å². The first-order valence-electron chi connectivity index (χ1n) is 11.0. The fraction of sp³-hybridized carbons (Fsp3) is 0.458. The number of aromatic nitrogens is 1. The molecule has 1 aliphatic heterocycles. The monoisotopic (exact) mass is 585 g/mol. The minimum atomic E-state index is -0.700. The quantitative estimate of drug-likeness (QED) is 0.227. The van der Waals surface area contributed by atoms with E-state index in [2.05, 4.69) is 18.8 Å². The van der Waals surface area contributed by atoms with Crippen molar-refractivity contribution in [1.82, 2.24) is 18.7 Å². The molecule has 0 bridgehead atoms. The van der Waals surface area contributed by atoms with E-state index in [1.807, 2.05) is 51.1 Å². The van der Waals surface area contributed by atoms with Gasteiger partial charge >= 0.3 is 166 Å². The van der Waals surface area contributed by atoms with Crippen molar-refractivity contribution < 1.29 is 36.2 Å². The Labute approximate surface area is 210 Å². The molecule has 1 aliphatic rings. The van der Waals surface area contributed by atoms with Crippen LogP contribution in [0.25, 0.3) is 11.1 Å². The molecule has 1 saturated heterocycles. The third-order valence-electron chi connectivity index (χ3n) is 5.88. The zero-order chi connectivity index (χ0) is 24.1. The standard InChI is InChI=1S/C24H31ClIN4O3/c1-14(2)22(29-26-4)24(33)30-13-18(31)11-21(30)23(32)28-15(3)16-5-7-17(8-6-16)19-9-10-27-12-20(19)25/h5-10,12,14-15,18,21-22,29,31H,11,13H2,1-4H3,(H,28,32)/q-1/t15-,18+,21-,22-/m0/s1. The average Bonchev–Trinajstić information content (AvgIpc) is 3.19. The fourth-order valence-corrected chi connectivity index (χ4v) is 5.90. The third-order valence-corrected chi connectivity index (χ3v) is 7.47. The summed E-state index contributed by atoms with van der Waals surface area (Å²) >= 11 is 5.94. The summed E-state index contributed by atoms with van der Waals surface area (Å²) in [6, 6.07) is 8.41. The van der Waals surface area contributed by atoms with Gasteiger partial charge in [-0.05, 0) is 6.07 Å². The normalized spacial score (nSPS) is 20.2. The Kier molecular flexibility index (Phi) is 9.09. The van der Waals surface area contributed by atoms with Gasteiger partial charge in [0.1, 0.15) is 0 Å². The molecule has 3 rings (SSSR count). The van der Waals surface area contributed by atoms with Crippen LogP contribution in [0.1, 0.15) is 38.8 Å². The molecule has 1 aromatic carbocycles. The number of alkyl halides is 1. The molecule has 4 atom stereocenters. The Hall–Kier alpha value is -1.75. The number of rotatable bonds is 8. The number of pyridine rings is 1. The Morgan fingerprint density at radius 2 is 1.91 bits per heavy atom. The average molecular weight is 586 g/mol. The Morgan fingerprint density at radius 3 is 2.52 bits per heavy atom. The second kappa shape index (κ2) is 11.6. The number of β-amino-alcohol motifs (C(OH)–C–C–N with tert-alkyl or cyclic N) is 1. The molecule has 0 unspecified atom stereocenters. The summed E-state index contributed by atoms with van der Waals surface area (Å²) in [5, 5.41) is 13.8. The summed E-state index contributed by atoms with van der Waals surface area (Å²) in [5.41, 5.74) is 2.80. The van der Waals surface area contributed by atoms with Gasteiger partial charge in [0.15, 0.2) is 0 Å². The van der Waals surface area contributed by atoms with E-state index < -0.39 is 12.1 Å². The second-order valence-corrected chi connectivity index (χ2v) is 10.7. The van der Waals surface area contributed by atoms with E-state index in [0.29, 0.717) is 5.02 Å². The molecule has 7 nitrogen and oxygen atoms in total. The van der Waals surface area contributed by atoms with E-state index in [0.717, 1.165) is 16.7 Å². The van der Waals surface area contributed by atoms with Gasteiger partial charge in [0.05, 0.1) is 5.02 Å². The molecule has 2 amide bonds.